The Morgan fingerprint density at radius 2 is 2.37 bits per heavy atom. The first-order chi connectivity index (χ1) is 9.11. The van der Waals surface area contributed by atoms with E-state index < -0.39 is 0 Å². The SMILES string of the molecule is CCCn1cc(Br)cc1C(=O)N(C)Cc1cn[nH]c1. The van der Waals surface area contributed by atoms with Crippen molar-refractivity contribution in [1.29, 1.82) is 0 Å². The molecule has 0 aliphatic heterocycles. The predicted octanol–water partition coefficient (Wildman–Crippen LogP) is 2.66. The Balaban J connectivity index is 2.14. The van der Waals surface area contributed by atoms with E-state index in [9.17, 15) is 4.79 Å². The second-order valence-corrected chi connectivity index (χ2v) is 5.42. The molecule has 0 saturated carbocycles. The van der Waals surface area contributed by atoms with Gasteiger partial charge in [-0.1, -0.05) is 6.92 Å². The Bertz CT molecular complexity index is 547. The van der Waals surface area contributed by atoms with Crippen LogP contribution in [-0.2, 0) is 13.1 Å². The van der Waals surface area contributed by atoms with E-state index in [2.05, 4.69) is 33.1 Å². The van der Waals surface area contributed by atoms with Crippen LogP contribution in [0.1, 0.15) is 29.4 Å². The molecule has 0 aliphatic rings. The van der Waals surface area contributed by atoms with Gasteiger partial charge in [0.15, 0.2) is 0 Å². The number of carbonyl (C=O) groups is 1. The first kappa shape index (κ1) is 13.9. The van der Waals surface area contributed by atoms with Crippen LogP contribution in [0.25, 0.3) is 0 Å². The van der Waals surface area contributed by atoms with Gasteiger partial charge in [0.05, 0.1) is 6.20 Å². The monoisotopic (exact) mass is 324 g/mol. The standard InChI is InChI=1S/C13H17BrN4O/c1-3-4-18-9-11(14)5-12(18)13(19)17(2)8-10-6-15-16-7-10/h5-7,9H,3-4,8H2,1-2H3,(H,15,16). The first-order valence-electron chi connectivity index (χ1n) is 6.20. The highest BCUT2D eigenvalue weighted by atomic mass is 79.9. The first-order valence-corrected chi connectivity index (χ1v) is 7.00. The van der Waals surface area contributed by atoms with Crippen molar-refractivity contribution < 1.29 is 4.79 Å². The molecular weight excluding hydrogens is 308 g/mol. The lowest BCUT2D eigenvalue weighted by atomic mass is 10.3. The maximum absolute atomic E-state index is 12.4. The number of rotatable bonds is 5. The number of hydrogen-bond donors (Lipinski definition) is 1. The summed E-state index contributed by atoms with van der Waals surface area (Å²) in [5.74, 6) is 0.0142. The van der Waals surface area contributed by atoms with Crippen LogP contribution in [0.2, 0.25) is 0 Å². The minimum atomic E-state index is 0.0142. The summed E-state index contributed by atoms with van der Waals surface area (Å²) in [7, 11) is 1.80. The van der Waals surface area contributed by atoms with Gasteiger partial charge in [-0.25, -0.2) is 0 Å². The van der Waals surface area contributed by atoms with Crippen molar-refractivity contribution >= 4 is 21.8 Å². The number of hydrogen-bond acceptors (Lipinski definition) is 2. The quantitative estimate of drug-likeness (QED) is 0.919. The molecule has 2 heterocycles. The fraction of sp³-hybridized carbons (Fsp3) is 0.385. The molecule has 102 valence electrons. The molecule has 19 heavy (non-hydrogen) atoms. The van der Waals surface area contributed by atoms with Crippen molar-refractivity contribution in [2.45, 2.75) is 26.4 Å². The number of H-pyrrole nitrogens is 1. The molecule has 1 N–H and O–H groups in total. The Morgan fingerprint density at radius 3 is 3.00 bits per heavy atom. The number of aryl methyl sites for hydroxylation is 1. The summed E-state index contributed by atoms with van der Waals surface area (Å²) in [6.07, 6.45) is 6.46. The van der Waals surface area contributed by atoms with E-state index in [1.54, 1.807) is 24.3 Å². The molecule has 0 unspecified atom stereocenters. The zero-order chi connectivity index (χ0) is 13.8. The van der Waals surface area contributed by atoms with Crippen LogP contribution in [0, 0.1) is 0 Å². The summed E-state index contributed by atoms with van der Waals surface area (Å²) in [6, 6.07) is 1.86. The number of halogens is 1. The number of carbonyl (C=O) groups excluding carboxylic acids is 1. The molecule has 0 aromatic carbocycles. The molecule has 0 aliphatic carbocycles. The molecule has 0 bridgehead atoms. The Kier molecular flexibility index (Phi) is 4.42. The lowest BCUT2D eigenvalue weighted by molar-refractivity contribution is 0.0774. The third-order valence-electron chi connectivity index (χ3n) is 2.87. The van der Waals surface area contributed by atoms with E-state index in [0.717, 1.165) is 23.0 Å². The lowest BCUT2D eigenvalue weighted by Crippen LogP contribution is -2.28. The van der Waals surface area contributed by atoms with Gasteiger partial charge >= 0.3 is 0 Å². The van der Waals surface area contributed by atoms with Gasteiger partial charge in [0.2, 0.25) is 0 Å². The van der Waals surface area contributed by atoms with Gasteiger partial charge in [-0.3, -0.25) is 9.89 Å². The van der Waals surface area contributed by atoms with Gasteiger partial charge in [0.25, 0.3) is 5.91 Å². The molecular formula is C13H17BrN4O. The number of nitrogens with zero attached hydrogens (tertiary/aromatic N) is 3. The Labute approximate surface area is 120 Å². The van der Waals surface area contributed by atoms with Crippen LogP contribution < -0.4 is 0 Å². The minimum Gasteiger partial charge on any atom is -0.342 e. The van der Waals surface area contributed by atoms with Crippen molar-refractivity contribution in [2.75, 3.05) is 7.05 Å². The minimum absolute atomic E-state index is 0.0142. The molecule has 0 atom stereocenters. The largest absolute Gasteiger partial charge is 0.342 e. The van der Waals surface area contributed by atoms with Gasteiger partial charge in [-0.2, -0.15) is 5.10 Å². The second kappa shape index (κ2) is 6.06. The summed E-state index contributed by atoms with van der Waals surface area (Å²) in [6.45, 7) is 3.48. The van der Waals surface area contributed by atoms with Crippen molar-refractivity contribution in [1.82, 2.24) is 19.7 Å². The summed E-state index contributed by atoms with van der Waals surface area (Å²) in [5, 5.41) is 6.63. The van der Waals surface area contributed by atoms with Gasteiger partial charge in [0.1, 0.15) is 5.69 Å². The number of amides is 1. The van der Waals surface area contributed by atoms with Gasteiger partial charge in [-0.05, 0) is 28.4 Å². The van der Waals surface area contributed by atoms with Crippen LogP contribution in [0.15, 0.2) is 29.1 Å². The van der Waals surface area contributed by atoms with E-state index in [0.29, 0.717) is 12.2 Å². The lowest BCUT2D eigenvalue weighted by Gasteiger charge is -2.17. The summed E-state index contributed by atoms with van der Waals surface area (Å²) >= 11 is 3.42. The highest BCUT2D eigenvalue weighted by molar-refractivity contribution is 9.10. The highest BCUT2D eigenvalue weighted by Crippen LogP contribution is 2.17. The maximum Gasteiger partial charge on any atom is 0.270 e. The molecule has 2 aromatic heterocycles. The molecule has 0 fully saturated rings. The molecule has 5 nitrogen and oxygen atoms in total. The molecule has 1 amide bonds. The van der Waals surface area contributed by atoms with Crippen molar-refractivity contribution in [3.8, 4) is 0 Å². The van der Waals surface area contributed by atoms with E-state index in [1.807, 2.05) is 16.8 Å². The summed E-state index contributed by atoms with van der Waals surface area (Å²) < 4.78 is 2.92. The molecule has 0 radical (unpaired) electrons. The van der Waals surface area contributed by atoms with Crippen LogP contribution in [0.4, 0.5) is 0 Å². The van der Waals surface area contributed by atoms with E-state index in [4.69, 9.17) is 0 Å². The molecule has 2 aromatic rings. The van der Waals surface area contributed by atoms with Crippen molar-refractivity contribution in [3.63, 3.8) is 0 Å². The van der Waals surface area contributed by atoms with E-state index in [1.165, 1.54) is 0 Å². The molecule has 6 heteroatoms. The van der Waals surface area contributed by atoms with E-state index in [-0.39, 0.29) is 5.91 Å². The molecule has 2 rings (SSSR count). The molecule has 0 saturated heterocycles. The zero-order valence-electron chi connectivity index (χ0n) is 11.1. The zero-order valence-corrected chi connectivity index (χ0v) is 12.6. The van der Waals surface area contributed by atoms with Gasteiger partial charge < -0.3 is 9.47 Å². The predicted molar refractivity (Wildman–Crippen MR) is 76.8 cm³/mol. The van der Waals surface area contributed by atoms with Crippen molar-refractivity contribution in [3.05, 3.63) is 40.4 Å². The number of aromatic nitrogens is 3. The third-order valence-corrected chi connectivity index (χ3v) is 3.30. The van der Waals surface area contributed by atoms with Crippen LogP contribution in [0.5, 0.6) is 0 Å². The fourth-order valence-electron chi connectivity index (χ4n) is 1.99. The topological polar surface area (TPSA) is 53.9 Å². The Morgan fingerprint density at radius 1 is 1.58 bits per heavy atom. The summed E-state index contributed by atoms with van der Waals surface area (Å²) in [4.78, 5) is 14.1. The van der Waals surface area contributed by atoms with Gasteiger partial charge in [-0.15, -0.1) is 0 Å². The fourth-order valence-corrected chi connectivity index (χ4v) is 2.45. The third kappa shape index (κ3) is 3.26. The van der Waals surface area contributed by atoms with Crippen LogP contribution >= 0.6 is 15.9 Å². The van der Waals surface area contributed by atoms with E-state index >= 15 is 0 Å². The second-order valence-electron chi connectivity index (χ2n) is 4.50. The average molecular weight is 325 g/mol. The van der Waals surface area contributed by atoms with Crippen LogP contribution in [0.3, 0.4) is 0 Å². The van der Waals surface area contributed by atoms with Crippen LogP contribution in [-0.4, -0.2) is 32.6 Å². The smallest absolute Gasteiger partial charge is 0.270 e. The highest BCUT2D eigenvalue weighted by Gasteiger charge is 2.17. The average Bonchev–Trinajstić information content (AvgIpc) is 2.98. The summed E-state index contributed by atoms with van der Waals surface area (Å²) in [5.41, 5.74) is 1.70. The number of aromatic amines is 1. The molecule has 0 spiro atoms. The van der Waals surface area contributed by atoms with Gasteiger partial charge in [0, 0.05) is 42.6 Å². The maximum atomic E-state index is 12.4. The normalized spacial score (nSPS) is 10.7. The Hall–Kier alpha value is -1.56. The number of nitrogens with one attached hydrogen (secondary N) is 1. The van der Waals surface area contributed by atoms with Crippen molar-refractivity contribution in [2.24, 2.45) is 0 Å².